The molecular weight excluding hydrogens is 354 g/mol. The highest BCUT2D eigenvalue weighted by molar-refractivity contribution is 7.80. The summed E-state index contributed by atoms with van der Waals surface area (Å²) < 4.78 is 10.5. The van der Waals surface area contributed by atoms with E-state index in [2.05, 4.69) is 25.8 Å². The highest BCUT2D eigenvalue weighted by atomic mass is 32.1. The summed E-state index contributed by atoms with van der Waals surface area (Å²) in [5, 5.41) is 9.22. The minimum absolute atomic E-state index is 0.408. The van der Waals surface area contributed by atoms with Gasteiger partial charge < -0.3 is 30.3 Å². The van der Waals surface area contributed by atoms with Crippen LogP contribution in [0.25, 0.3) is 0 Å². The fourth-order valence-corrected chi connectivity index (χ4v) is 2.49. The van der Waals surface area contributed by atoms with Gasteiger partial charge in [-0.25, -0.2) is 9.78 Å². The summed E-state index contributed by atoms with van der Waals surface area (Å²) >= 11 is 5.24. The zero-order valence-electron chi connectivity index (χ0n) is 15.5. The number of thiocarbonyl (C=S) groups is 1. The van der Waals surface area contributed by atoms with Crippen LogP contribution < -0.4 is 20.9 Å². The molecule has 0 saturated carbocycles. The third-order valence-corrected chi connectivity index (χ3v) is 3.67. The number of amides is 1. The number of carbonyl (C=O) groups is 1. The predicted octanol–water partition coefficient (Wildman–Crippen LogP) is 1.73. The lowest BCUT2D eigenvalue weighted by atomic mass is 10.2. The molecule has 0 aliphatic carbocycles. The SMILES string of the molecule is CC(C)(C)OC(=O)NCCNC(=S)Nc1ccc(N2CCOCC2)nc1. The van der Waals surface area contributed by atoms with Crippen LogP contribution in [0.1, 0.15) is 20.8 Å². The summed E-state index contributed by atoms with van der Waals surface area (Å²) in [6, 6.07) is 3.89. The van der Waals surface area contributed by atoms with Gasteiger partial charge in [0.05, 0.1) is 25.1 Å². The number of alkyl carbamates (subject to hydrolysis) is 1. The van der Waals surface area contributed by atoms with Gasteiger partial charge in [0.2, 0.25) is 0 Å². The monoisotopic (exact) mass is 381 g/mol. The normalized spacial score (nSPS) is 14.5. The molecule has 1 saturated heterocycles. The number of nitrogens with one attached hydrogen (secondary N) is 3. The third kappa shape index (κ3) is 7.40. The van der Waals surface area contributed by atoms with Crippen LogP contribution in [0.4, 0.5) is 16.3 Å². The molecule has 8 nitrogen and oxygen atoms in total. The van der Waals surface area contributed by atoms with E-state index >= 15 is 0 Å². The van der Waals surface area contributed by atoms with Crippen molar-refractivity contribution in [1.82, 2.24) is 15.6 Å². The maximum atomic E-state index is 11.5. The minimum atomic E-state index is -0.505. The van der Waals surface area contributed by atoms with E-state index in [0.717, 1.165) is 37.8 Å². The van der Waals surface area contributed by atoms with E-state index in [-0.39, 0.29) is 0 Å². The summed E-state index contributed by atoms with van der Waals surface area (Å²) in [6.07, 6.45) is 1.30. The Balaban J connectivity index is 1.67. The lowest BCUT2D eigenvalue weighted by Gasteiger charge is -2.27. The van der Waals surface area contributed by atoms with Crippen LogP contribution in [0.2, 0.25) is 0 Å². The fourth-order valence-electron chi connectivity index (χ4n) is 2.27. The highest BCUT2D eigenvalue weighted by Gasteiger charge is 2.15. The van der Waals surface area contributed by atoms with Crippen molar-refractivity contribution in [3.8, 4) is 0 Å². The molecule has 1 fully saturated rings. The Morgan fingerprint density at radius 2 is 1.96 bits per heavy atom. The van der Waals surface area contributed by atoms with Gasteiger partial charge in [-0.15, -0.1) is 0 Å². The molecule has 2 rings (SSSR count). The summed E-state index contributed by atoms with van der Waals surface area (Å²) in [5.74, 6) is 0.930. The molecule has 0 spiro atoms. The van der Waals surface area contributed by atoms with Crippen molar-refractivity contribution in [2.45, 2.75) is 26.4 Å². The average molecular weight is 382 g/mol. The van der Waals surface area contributed by atoms with Crippen LogP contribution in [0, 0.1) is 0 Å². The molecule has 144 valence electrons. The Morgan fingerprint density at radius 3 is 2.58 bits per heavy atom. The van der Waals surface area contributed by atoms with Crippen molar-refractivity contribution in [3.05, 3.63) is 18.3 Å². The molecule has 0 radical (unpaired) electrons. The smallest absolute Gasteiger partial charge is 0.407 e. The Hall–Kier alpha value is -2.13. The Labute approximate surface area is 159 Å². The Morgan fingerprint density at radius 1 is 1.27 bits per heavy atom. The second-order valence-corrected chi connectivity index (χ2v) is 7.22. The average Bonchev–Trinajstić information content (AvgIpc) is 2.59. The van der Waals surface area contributed by atoms with Gasteiger partial charge in [-0.2, -0.15) is 0 Å². The summed E-state index contributed by atoms with van der Waals surface area (Å²) in [6.45, 7) is 9.52. The summed E-state index contributed by atoms with van der Waals surface area (Å²) in [7, 11) is 0. The quantitative estimate of drug-likeness (QED) is 0.525. The number of morpholine rings is 1. The van der Waals surface area contributed by atoms with Crippen molar-refractivity contribution in [2.24, 2.45) is 0 Å². The molecule has 26 heavy (non-hydrogen) atoms. The van der Waals surface area contributed by atoms with Gasteiger partial charge in [-0.3, -0.25) is 0 Å². The van der Waals surface area contributed by atoms with Crippen LogP contribution in [0.3, 0.4) is 0 Å². The molecule has 1 aliphatic heterocycles. The second-order valence-electron chi connectivity index (χ2n) is 6.81. The van der Waals surface area contributed by atoms with Crippen molar-refractivity contribution in [3.63, 3.8) is 0 Å². The van der Waals surface area contributed by atoms with E-state index in [0.29, 0.717) is 18.2 Å². The molecule has 0 bridgehead atoms. The fraction of sp³-hybridized carbons (Fsp3) is 0.588. The van der Waals surface area contributed by atoms with Gasteiger partial charge in [0, 0.05) is 26.2 Å². The standard InChI is InChI=1S/C17H27N5O3S/c1-17(2,3)25-16(23)19-7-6-18-15(26)21-13-4-5-14(20-12-13)22-8-10-24-11-9-22/h4-5,12H,6-11H2,1-3H3,(H,19,23)(H2,18,21,26). The van der Waals surface area contributed by atoms with Crippen molar-refractivity contribution < 1.29 is 14.3 Å². The lowest BCUT2D eigenvalue weighted by Crippen LogP contribution is -2.39. The van der Waals surface area contributed by atoms with E-state index in [4.69, 9.17) is 21.7 Å². The maximum Gasteiger partial charge on any atom is 0.407 e. The van der Waals surface area contributed by atoms with E-state index in [1.165, 1.54) is 0 Å². The number of nitrogens with zero attached hydrogens (tertiary/aromatic N) is 2. The number of anilines is 2. The van der Waals surface area contributed by atoms with Crippen molar-refractivity contribution in [2.75, 3.05) is 49.6 Å². The second kappa shape index (κ2) is 9.54. The predicted molar refractivity (Wildman–Crippen MR) is 106 cm³/mol. The number of aromatic nitrogens is 1. The van der Waals surface area contributed by atoms with E-state index in [1.54, 1.807) is 6.20 Å². The van der Waals surface area contributed by atoms with Gasteiger partial charge in [-0.05, 0) is 45.1 Å². The molecule has 1 aliphatic rings. The highest BCUT2D eigenvalue weighted by Crippen LogP contribution is 2.15. The first kappa shape index (κ1) is 20.2. The molecule has 1 aromatic heterocycles. The summed E-state index contributed by atoms with van der Waals surface area (Å²) in [5.41, 5.74) is 0.300. The number of pyridine rings is 1. The molecule has 0 unspecified atom stereocenters. The molecular formula is C17H27N5O3S. The number of hydrogen-bond acceptors (Lipinski definition) is 6. The third-order valence-electron chi connectivity index (χ3n) is 3.42. The van der Waals surface area contributed by atoms with Gasteiger partial charge in [-0.1, -0.05) is 0 Å². The van der Waals surface area contributed by atoms with Crippen LogP contribution in [0.15, 0.2) is 18.3 Å². The number of carbonyl (C=O) groups excluding carboxylic acids is 1. The van der Waals surface area contributed by atoms with Gasteiger partial charge in [0.1, 0.15) is 11.4 Å². The Bertz CT molecular complexity index is 597. The van der Waals surface area contributed by atoms with E-state index < -0.39 is 11.7 Å². The molecule has 2 heterocycles. The molecule has 3 N–H and O–H groups in total. The minimum Gasteiger partial charge on any atom is -0.444 e. The largest absolute Gasteiger partial charge is 0.444 e. The first-order chi connectivity index (χ1) is 12.3. The molecule has 9 heteroatoms. The van der Waals surface area contributed by atoms with Crippen LogP contribution >= 0.6 is 12.2 Å². The lowest BCUT2D eigenvalue weighted by molar-refractivity contribution is 0.0529. The van der Waals surface area contributed by atoms with Gasteiger partial charge in [0.15, 0.2) is 5.11 Å². The molecule has 0 atom stereocenters. The topological polar surface area (TPSA) is 87.8 Å². The van der Waals surface area contributed by atoms with Crippen molar-refractivity contribution >= 4 is 34.9 Å². The first-order valence-electron chi connectivity index (χ1n) is 8.64. The maximum absolute atomic E-state index is 11.5. The summed E-state index contributed by atoms with van der Waals surface area (Å²) in [4.78, 5) is 18.2. The number of ether oxygens (including phenoxy) is 2. The van der Waals surface area contributed by atoms with Crippen LogP contribution in [-0.4, -0.2) is 61.2 Å². The zero-order chi connectivity index (χ0) is 19.0. The Kier molecular flexibility index (Phi) is 7.40. The van der Waals surface area contributed by atoms with E-state index in [1.807, 2.05) is 32.9 Å². The van der Waals surface area contributed by atoms with Crippen LogP contribution in [0.5, 0.6) is 0 Å². The molecule has 1 aromatic rings. The van der Waals surface area contributed by atoms with Gasteiger partial charge >= 0.3 is 6.09 Å². The molecule has 1 amide bonds. The van der Waals surface area contributed by atoms with Crippen molar-refractivity contribution in [1.29, 1.82) is 0 Å². The zero-order valence-corrected chi connectivity index (χ0v) is 16.3. The first-order valence-corrected chi connectivity index (χ1v) is 9.05. The number of hydrogen-bond donors (Lipinski definition) is 3. The van der Waals surface area contributed by atoms with E-state index in [9.17, 15) is 4.79 Å². The number of rotatable bonds is 5. The van der Waals surface area contributed by atoms with Gasteiger partial charge in [0.25, 0.3) is 0 Å². The van der Waals surface area contributed by atoms with Crippen LogP contribution in [-0.2, 0) is 9.47 Å². The molecule has 0 aromatic carbocycles.